The number of piperazine rings is 1. The monoisotopic (exact) mass is 369 g/mol. The highest BCUT2D eigenvalue weighted by Crippen LogP contribution is 2.22. The summed E-state index contributed by atoms with van der Waals surface area (Å²) in [5.41, 5.74) is 1.74. The molecule has 1 aliphatic heterocycles. The second-order valence-corrected chi connectivity index (χ2v) is 8.94. The minimum atomic E-state index is -3.79. The molecule has 0 radical (unpaired) electrons. The third-order valence-corrected chi connectivity index (χ3v) is 6.82. The molecule has 0 bridgehead atoms. The summed E-state index contributed by atoms with van der Waals surface area (Å²) in [6.45, 7) is 6.39. The van der Waals surface area contributed by atoms with Crippen LogP contribution in [0.15, 0.2) is 28.5 Å². The zero-order valence-corrected chi connectivity index (χ0v) is 15.3. The summed E-state index contributed by atoms with van der Waals surface area (Å²) in [6.07, 6.45) is 0. The Morgan fingerprint density at radius 3 is 2.54 bits per heavy atom. The lowest BCUT2D eigenvalue weighted by Crippen LogP contribution is -2.48. The number of benzene rings is 1. The number of halogens is 1. The van der Waals surface area contributed by atoms with Gasteiger partial charge in [0.15, 0.2) is 0 Å². The number of nitrogens with zero attached hydrogens (tertiary/aromatic N) is 3. The Morgan fingerprint density at radius 2 is 1.92 bits per heavy atom. The Hall–Kier alpha value is -1.35. The molecule has 0 unspecified atom stereocenters. The number of hydrogen-bond acceptors (Lipinski definition) is 5. The molecule has 24 heavy (non-hydrogen) atoms. The Kier molecular flexibility index (Phi) is 5.00. The minimum absolute atomic E-state index is 0.230. The molecule has 1 saturated heterocycles. The molecule has 8 heteroatoms. The molecule has 1 aliphatic rings. The van der Waals surface area contributed by atoms with Crippen molar-refractivity contribution in [1.82, 2.24) is 14.2 Å². The van der Waals surface area contributed by atoms with Gasteiger partial charge in [-0.3, -0.25) is 4.90 Å². The van der Waals surface area contributed by atoms with Crippen LogP contribution in [0.5, 0.6) is 0 Å². The number of thiazole rings is 1. The molecule has 2 aromatic rings. The molecule has 0 saturated carbocycles. The lowest BCUT2D eigenvalue weighted by molar-refractivity contribution is 0.180. The van der Waals surface area contributed by atoms with Crippen molar-refractivity contribution >= 4 is 21.4 Å². The van der Waals surface area contributed by atoms with Crippen LogP contribution < -0.4 is 0 Å². The molecule has 2 heterocycles. The molecular formula is C16H20FN3O2S2. The van der Waals surface area contributed by atoms with E-state index < -0.39 is 15.8 Å². The second-order valence-electron chi connectivity index (χ2n) is 5.97. The normalized spacial score (nSPS) is 17.3. The maximum Gasteiger partial charge on any atom is 0.246 e. The van der Waals surface area contributed by atoms with Crippen LogP contribution in [-0.4, -0.2) is 48.8 Å². The van der Waals surface area contributed by atoms with Gasteiger partial charge in [-0.2, -0.15) is 4.31 Å². The number of hydrogen-bond donors (Lipinski definition) is 0. The lowest BCUT2D eigenvalue weighted by atomic mass is 10.2. The van der Waals surface area contributed by atoms with Crippen molar-refractivity contribution in [1.29, 1.82) is 0 Å². The average Bonchev–Trinajstić information content (AvgIpc) is 2.95. The molecule has 3 rings (SSSR count). The van der Waals surface area contributed by atoms with E-state index in [0.29, 0.717) is 26.2 Å². The molecule has 0 N–H and O–H groups in total. The number of aromatic nitrogens is 1. The molecular weight excluding hydrogens is 349 g/mol. The van der Waals surface area contributed by atoms with Crippen LogP contribution in [0.1, 0.15) is 16.3 Å². The van der Waals surface area contributed by atoms with Crippen LogP contribution in [0.2, 0.25) is 0 Å². The van der Waals surface area contributed by atoms with Gasteiger partial charge in [0.05, 0.1) is 10.7 Å². The molecule has 0 amide bonds. The van der Waals surface area contributed by atoms with E-state index >= 15 is 0 Å². The van der Waals surface area contributed by atoms with Gasteiger partial charge >= 0.3 is 0 Å². The third-order valence-electron chi connectivity index (χ3n) is 4.09. The van der Waals surface area contributed by atoms with Gasteiger partial charge in [-0.1, -0.05) is 6.07 Å². The van der Waals surface area contributed by atoms with Crippen LogP contribution in [-0.2, 0) is 16.6 Å². The number of sulfonamides is 1. The summed E-state index contributed by atoms with van der Waals surface area (Å²) < 4.78 is 40.7. The summed E-state index contributed by atoms with van der Waals surface area (Å²) in [5.74, 6) is -0.694. The highest BCUT2D eigenvalue weighted by atomic mass is 32.2. The standard InChI is InChI=1S/C16H20FN3O2S2/c1-12-3-4-15(17)16(9-12)24(21,22)20-7-5-19(6-8-20)10-14-11-23-13(2)18-14/h3-4,9,11H,5-8,10H2,1-2H3. The van der Waals surface area contributed by atoms with Crippen LogP contribution in [0, 0.1) is 19.7 Å². The highest BCUT2D eigenvalue weighted by molar-refractivity contribution is 7.89. The Morgan fingerprint density at radius 1 is 1.21 bits per heavy atom. The van der Waals surface area contributed by atoms with E-state index in [-0.39, 0.29) is 4.90 Å². The second kappa shape index (κ2) is 6.87. The fraction of sp³-hybridized carbons (Fsp3) is 0.438. The van der Waals surface area contributed by atoms with Gasteiger partial charge in [0.25, 0.3) is 0 Å². The molecule has 0 aliphatic carbocycles. The van der Waals surface area contributed by atoms with E-state index in [2.05, 4.69) is 9.88 Å². The smallest absolute Gasteiger partial charge is 0.246 e. The predicted molar refractivity (Wildman–Crippen MR) is 92.0 cm³/mol. The summed E-state index contributed by atoms with van der Waals surface area (Å²) in [7, 11) is -3.79. The highest BCUT2D eigenvalue weighted by Gasteiger charge is 2.30. The van der Waals surface area contributed by atoms with E-state index in [0.717, 1.165) is 22.8 Å². The quantitative estimate of drug-likeness (QED) is 0.831. The zero-order valence-electron chi connectivity index (χ0n) is 13.7. The van der Waals surface area contributed by atoms with Gasteiger partial charge < -0.3 is 0 Å². The first-order valence-electron chi connectivity index (χ1n) is 7.76. The van der Waals surface area contributed by atoms with Crippen molar-refractivity contribution in [2.24, 2.45) is 0 Å². The fourth-order valence-electron chi connectivity index (χ4n) is 2.79. The van der Waals surface area contributed by atoms with E-state index in [4.69, 9.17) is 0 Å². The topological polar surface area (TPSA) is 53.5 Å². The number of rotatable bonds is 4. The van der Waals surface area contributed by atoms with Gasteiger partial charge in [0.2, 0.25) is 10.0 Å². The van der Waals surface area contributed by atoms with Crippen molar-refractivity contribution < 1.29 is 12.8 Å². The third kappa shape index (κ3) is 3.66. The maximum atomic E-state index is 14.0. The first-order valence-corrected chi connectivity index (χ1v) is 10.1. The summed E-state index contributed by atoms with van der Waals surface area (Å²) in [4.78, 5) is 6.38. The molecule has 1 fully saturated rings. The predicted octanol–water partition coefficient (Wildman–Crippen LogP) is 2.41. The number of aryl methyl sites for hydroxylation is 2. The van der Waals surface area contributed by atoms with Gasteiger partial charge in [0, 0.05) is 38.1 Å². The minimum Gasteiger partial charge on any atom is -0.295 e. The fourth-order valence-corrected chi connectivity index (χ4v) is 4.96. The van der Waals surface area contributed by atoms with E-state index in [1.807, 2.05) is 12.3 Å². The van der Waals surface area contributed by atoms with Gasteiger partial charge in [-0.15, -0.1) is 11.3 Å². The van der Waals surface area contributed by atoms with Crippen LogP contribution in [0.25, 0.3) is 0 Å². The first kappa shape index (κ1) is 17.5. The van der Waals surface area contributed by atoms with Crippen LogP contribution in [0.3, 0.4) is 0 Å². The Bertz CT molecular complexity index is 828. The van der Waals surface area contributed by atoms with Crippen molar-refractivity contribution in [2.45, 2.75) is 25.3 Å². The zero-order chi connectivity index (χ0) is 17.3. The van der Waals surface area contributed by atoms with E-state index in [1.54, 1.807) is 24.3 Å². The van der Waals surface area contributed by atoms with Crippen LogP contribution >= 0.6 is 11.3 Å². The van der Waals surface area contributed by atoms with Crippen molar-refractivity contribution in [3.63, 3.8) is 0 Å². The maximum absolute atomic E-state index is 14.0. The summed E-state index contributed by atoms with van der Waals surface area (Å²) >= 11 is 1.61. The Balaban J connectivity index is 1.68. The van der Waals surface area contributed by atoms with Gasteiger partial charge in [-0.25, -0.2) is 17.8 Å². The summed E-state index contributed by atoms with van der Waals surface area (Å²) in [5, 5.41) is 3.06. The van der Waals surface area contributed by atoms with Crippen molar-refractivity contribution in [2.75, 3.05) is 26.2 Å². The SMILES string of the molecule is Cc1ccc(F)c(S(=O)(=O)N2CCN(Cc3csc(C)n3)CC2)c1. The molecule has 5 nitrogen and oxygen atoms in total. The molecule has 130 valence electrons. The van der Waals surface area contributed by atoms with Gasteiger partial charge in [-0.05, 0) is 31.5 Å². The molecule has 1 aromatic heterocycles. The van der Waals surface area contributed by atoms with E-state index in [9.17, 15) is 12.8 Å². The summed E-state index contributed by atoms with van der Waals surface area (Å²) in [6, 6.07) is 4.18. The lowest BCUT2D eigenvalue weighted by Gasteiger charge is -2.33. The van der Waals surface area contributed by atoms with Gasteiger partial charge in [0.1, 0.15) is 10.7 Å². The average molecular weight is 369 g/mol. The largest absolute Gasteiger partial charge is 0.295 e. The van der Waals surface area contributed by atoms with E-state index in [1.165, 1.54) is 16.4 Å². The molecule has 0 spiro atoms. The van der Waals surface area contributed by atoms with Crippen LogP contribution in [0.4, 0.5) is 4.39 Å². The van der Waals surface area contributed by atoms with Crippen molar-refractivity contribution in [3.8, 4) is 0 Å². The Labute approximate surface area is 145 Å². The molecule has 0 atom stereocenters. The van der Waals surface area contributed by atoms with Crippen molar-refractivity contribution in [3.05, 3.63) is 45.7 Å². The first-order chi connectivity index (χ1) is 11.4. The molecule has 1 aromatic carbocycles.